The van der Waals surface area contributed by atoms with Crippen LogP contribution in [0.2, 0.25) is 0 Å². The van der Waals surface area contributed by atoms with Gasteiger partial charge in [-0.3, -0.25) is 0 Å². The van der Waals surface area contributed by atoms with E-state index in [1.54, 1.807) is 23.1 Å². The van der Waals surface area contributed by atoms with Crippen LogP contribution < -0.4 is 0 Å². The van der Waals surface area contributed by atoms with E-state index in [9.17, 15) is 9.59 Å². The Morgan fingerprint density at radius 3 is 2.52 bits per heavy atom. The van der Waals surface area contributed by atoms with Gasteiger partial charge in [0.15, 0.2) is 0 Å². The second-order valence-corrected chi connectivity index (χ2v) is 6.80. The standard InChI is InChI=1S/C17H20N2O4.C2H6/c1-17(2,3)23-16(22)19-7-6-14-12(9-19)11-8-10(15(20)21)4-5-13(11)18-14;1-2/h4-5,8,18H,6-7,9H2,1-3H3,(H,20,21);1-2H3. The van der Waals surface area contributed by atoms with E-state index in [0.29, 0.717) is 19.5 Å². The third-order valence-corrected chi connectivity index (χ3v) is 3.87. The monoisotopic (exact) mass is 346 g/mol. The van der Waals surface area contributed by atoms with Crippen molar-refractivity contribution in [2.45, 2.75) is 53.2 Å². The normalized spacial score (nSPS) is 13.7. The molecular weight excluding hydrogens is 320 g/mol. The van der Waals surface area contributed by atoms with Gasteiger partial charge in [-0.05, 0) is 39.0 Å². The average molecular weight is 346 g/mol. The number of fused-ring (bicyclic) bond motifs is 3. The van der Waals surface area contributed by atoms with Crippen molar-refractivity contribution in [1.82, 2.24) is 9.88 Å². The molecule has 136 valence electrons. The summed E-state index contributed by atoms with van der Waals surface area (Å²) in [5.74, 6) is -0.957. The molecule has 0 radical (unpaired) electrons. The first kappa shape index (κ1) is 18.8. The van der Waals surface area contributed by atoms with Crippen LogP contribution >= 0.6 is 0 Å². The van der Waals surface area contributed by atoms with Crippen LogP contribution in [0.1, 0.15) is 56.2 Å². The van der Waals surface area contributed by atoms with E-state index in [1.165, 1.54) is 0 Å². The molecule has 0 fully saturated rings. The fourth-order valence-corrected chi connectivity index (χ4v) is 2.83. The van der Waals surface area contributed by atoms with Gasteiger partial charge >= 0.3 is 12.1 Å². The van der Waals surface area contributed by atoms with E-state index in [2.05, 4.69) is 4.98 Å². The number of H-pyrrole nitrogens is 1. The summed E-state index contributed by atoms with van der Waals surface area (Å²) >= 11 is 0. The number of rotatable bonds is 1. The minimum absolute atomic E-state index is 0.244. The van der Waals surface area contributed by atoms with E-state index in [4.69, 9.17) is 9.84 Å². The van der Waals surface area contributed by atoms with Crippen molar-refractivity contribution in [2.75, 3.05) is 6.54 Å². The van der Waals surface area contributed by atoms with Gasteiger partial charge < -0.3 is 19.7 Å². The molecule has 0 aliphatic carbocycles. The molecule has 25 heavy (non-hydrogen) atoms. The fourth-order valence-electron chi connectivity index (χ4n) is 2.83. The number of carbonyl (C=O) groups excluding carboxylic acids is 1. The lowest BCUT2D eigenvalue weighted by molar-refractivity contribution is 0.0224. The zero-order valence-electron chi connectivity index (χ0n) is 15.5. The van der Waals surface area contributed by atoms with Crippen molar-refractivity contribution in [2.24, 2.45) is 0 Å². The number of carboxylic acid groups (broad SMARTS) is 1. The maximum atomic E-state index is 12.3. The van der Waals surface area contributed by atoms with Gasteiger partial charge in [-0.2, -0.15) is 0 Å². The van der Waals surface area contributed by atoms with Crippen molar-refractivity contribution in [3.05, 3.63) is 35.0 Å². The van der Waals surface area contributed by atoms with Gasteiger partial charge in [-0.25, -0.2) is 9.59 Å². The Hall–Kier alpha value is -2.50. The predicted octanol–water partition coefficient (Wildman–Crippen LogP) is 4.19. The first-order chi connectivity index (χ1) is 11.7. The highest BCUT2D eigenvalue weighted by Crippen LogP contribution is 2.29. The second-order valence-electron chi connectivity index (χ2n) is 6.80. The van der Waals surface area contributed by atoms with Crippen molar-refractivity contribution in [3.63, 3.8) is 0 Å². The van der Waals surface area contributed by atoms with Crippen molar-refractivity contribution >= 4 is 23.0 Å². The molecule has 6 heteroatoms. The summed E-state index contributed by atoms with van der Waals surface area (Å²) in [6.07, 6.45) is 0.359. The number of hydrogen-bond acceptors (Lipinski definition) is 3. The van der Waals surface area contributed by atoms with E-state index in [1.807, 2.05) is 34.6 Å². The molecule has 1 aromatic carbocycles. The van der Waals surface area contributed by atoms with Crippen LogP contribution in [-0.2, 0) is 17.7 Å². The molecule has 6 nitrogen and oxygen atoms in total. The van der Waals surface area contributed by atoms with Crippen LogP contribution in [0.5, 0.6) is 0 Å². The topological polar surface area (TPSA) is 82.6 Å². The molecule has 1 aliphatic heterocycles. The molecular formula is C19H26N2O4. The number of carboxylic acids is 1. The SMILES string of the molecule is CC.CC(C)(C)OC(=O)N1CCc2[nH]c3ccc(C(=O)O)cc3c2C1. The minimum Gasteiger partial charge on any atom is -0.478 e. The highest BCUT2D eigenvalue weighted by Gasteiger charge is 2.27. The predicted molar refractivity (Wildman–Crippen MR) is 97.0 cm³/mol. The Labute approximate surface area is 147 Å². The van der Waals surface area contributed by atoms with Crippen LogP contribution in [0.3, 0.4) is 0 Å². The van der Waals surface area contributed by atoms with Gasteiger partial charge in [0.25, 0.3) is 0 Å². The van der Waals surface area contributed by atoms with Gasteiger partial charge in [-0.15, -0.1) is 0 Å². The maximum Gasteiger partial charge on any atom is 0.410 e. The number of nitrogens with zero attached hydrogens (tertiary/aromatic N) is 1. The van der Waals surface area contributed by atoms with Crippen molar-refractivity contribution in [3.8, 4) is 0 Å². The Morgan fingerprint density at radius 1 is 1.24 bits per heavy atom. The maximum absolute atomic E-state index is 12.3. The molecule has 1 aromatic heterocycles. The molecule has 0 bridgehead atoms. The average Bonchev–Trinajstić information content (AvgIpc) is 2.92. The third-order valence-electron chi connectivity index (χ3n) is 3.87. The summed E-state index contributed by atoms with van der Waals surface area (Å²) in [5.41, 5.74) is 2.64. The van der Waals surface area contributed by atoms with Crippen molar-refractivity contribution in [1.29, 1.82) is 0 Å². The summed E-state index contributed by atoms with van der Waals surface area (Å²) in [7, 11) is 0. The lowest BCUT2D eigenvalue weighted by atomic mass is 10.0. The number of carbonyl (C=O) groups is 2. The number of aromatic carboxylic acids is 1. The first-order valence-corrected chi connectivity index (χ1v) is 8.59. The van der Waals surface area contributed by atoms with Crippen LogP contribution in [-0.4, -0.2) is 39.2 Å². The lowest BCUT2D eigenvalue weighted by Crippen LogP contribution is -2.39. The largest absolute Gasteiger partial charge is 0.478 e. The summed E-state index contributed by atoms with van der Waals surface area (Å²) in [4.78, 5) is 28.4. The Kier molecular flexibility index (Phi) is 5.40. The van der Waals surface area contributed by atoms with Gasteiger partial charge in [0, 0.05) is 35.1 Å². The van der Waals surface area contributed by atoms with E-state index < -0.39 is 11.6 Å². The quantitative estimate of drug-likeness (QED) is 0.811. The second kappa shape index (κ2) is 7.17. The first-order valence-electron chi connectivity index (χ1n) is 8.59. The molecule has 0 saturated heterocycles. The number of aromatic amines is 1. The minimum atomic E-state index is -0.957. The number of amides is 1. The van der Waals surface area contributed by atoms with E-state index >= 15 is 0 Å². The molecule has 2 N–H and O–H groups in total. The van der Waals surface area contributed by atoms with E-state index in [0.717, 1.165) is 22.2 Å². The molecule has 0 spiro atoms. The Bertz CT molecular complexity index is 787. The molecule has 0 atom stereocenters. The van der Waals surface area contributed by atoms with Gasteiger partial charge in [-0.1, -0.05) is 13.8 Å². The van der Waals surface area contributed by atoms with Gasteiger partial charge in [0.1, 0.15) is 5.60 Å². The molecule has 1 amide bonds. The third kappa shape index (κ3) is 4.13. The zero-order valence-corrected chi connectivity index (χ0v) is 15.5. The summed E-state index contributed by atoms with van der Waals surface area (Å²) < 4.78 is 5.43. The summed E-state index contributed by atoms with van der Waals surface area (Å²) in [6, 6.07) is 5.01. The number of aromatic nitrogens is 1. The molecule has 0 unspecified atom stereocenters. The number of benzene rings is 1. The fraction of sp³-hybridized carbons (Fsp3) is 0.474. The van der Waals surface area contributed by atoms with Crippen LogP contribution in [0.4, 0.5) is 4.79 Å². The Morgan fingerprint density at radius 2 is 1.92 bits per heavy atom. The van der Waals surface area contributed by atoms with Gasteiger partial charge in [0.05, 0.1) is 12.1 Å². The molecule has 3 rings (SSSR count). The number of hydrogen-bond donors (Lipinski definition) is 2. The molecule has 2 aromatic rings. The van der Waals surface area contributed by atoms with Crippen LogP contribution in [0.15, 0.2) is 18.2 Å². The summed E-state index contributed by atoms with van der Waals surface area (Å²) in [6.45, 7) is 10.5. The molecule has 0 saturated carbocycles. The Balaban J connectivity index is 0.00000109. The smallest absolute Gasteiger partial charge is 0.410 e. The van der Waals surface area contributed by atoms with E-state index in [-0.39, 0.29) is 11.7 Å². The van der Waals surface area contributed by atoms with Crippen LogP contribution in [0.25, 0.3) is 10.9 Å². The van der Waals surface area contributed by atoms with Crippen molar-refractivity contribution < 1.29 is 19.4 Å². The van der Waals surface area contributed by atoms with Gasteiger partial charge in [0.2, 0.25) is 0 Å². The highest BCUT2D eigenvalue weighted by molar-refractivity contribution is 5.95. The number of ether oxygens (including phenoxy) is 1. The highest BCUT2D eigenvalue weighted by atomic mass is 16.6. The lowest BCUT2D eigenvalue weighted by Gasteiger charge is -2.30. The summed E-state index contributed by atoms with van der Waals surface area (Å²) in [5, 5.41) is 10.0. The molecule has 2 heterocycles. The zero-order chi connectivity index (χ0) is 18.8. The molecule has 1 aliphatic rings. The van der Waals surface area contributed by atoms with Crippen LogP contribution in [0, 0.1) is 0 Å². The number of nitrogens with one attached hydrogen (secondary N) is 1.